The fourth-order valence-corrected chi connectivity index (χ4v) is 2.75. The monoisotopic (exact) mass is 349 g/mol. The van der Waals surface area contributed by atoms with Crippen LogP contribution in [-0.2, 0) is 4.79 Å². The zero-order valence-corrected chi connectivity index (χ0v) is 15.1. The van der Waals surface area contributed by atoms with E-state index in [4.69, 9.17) is 9.47 Å². The van der Waals surface area contributed by atoms with Crippen molar-refractivity contribution in [1.82, 2.24) is 0 Å². The summed E-state index contributed by atoms with van der Waals surface area (Å²) >= 11 is 0. The Morgan fingerprint density at radius 3 is 2.31 bits per heavy atom. The van der Waals surface area contributed by atoms with Gasteiger partial charge < -0.3 is 14.8 Å². The molecule has 0 aliphatic rings. The van der Waals surface area contributed by atoms with Crippen LogP contribution < -0.4 is 14.8 Å². The predicted molar refractivity (Wildman–Crippen MR) is 105 cm³/mol. The Hall–Kier alpha value is -3.01. The van der Waals surface area contributed by atoms with Gasteiger partial charge in [0, 0.05) is 5.69 Å². The van der Waals surface area contributed by atoms with Crippen molar-refractivity contribution < 1.29 is 14.3 Å². The number of hydrogen-bond donors (Lipinski definition) is 1. The second kappa shape index (κ2) is 8.39. The van der Waals surface area contributed by atoms with Crippen LogP contribution in [0.3, 0.4) is 0 Å². The number of benzene rings is 3. The van der Waals surface area contributed by atoms with E-state index >= 15 is 0 Å². The van der Waals surface area contributed by atoms with Crippen molar-refractivity contribution in [3.05, 3.63) is 66.7 Å². The average Bonchev–Trinajstić information content (AvgIpc) is 2.67. The van der Waals surface area contributed by atoms with Gasteiger partial charge >= 0.3 is 0 Å². The van der Waals surface area contributed by atoms with Crippen molar-refractivity contribution in [1.29, 1.82) is 0 Å². The topological polar surface area (TPSA) is 47.6 Å². The summed E-state index contributed by atoms with van der Waals surface area (Å²) in [5.74, 6) is 1.31. The highest BCUT2D eigenvalue weighted by Gasteiger charge is 2.18. The summed E-state index contributed by atoms with van der Waals surface area (Å²) in [5, 5.41) is 5.13. The van der Waals surface area contributed by atoms with E-state index in [9.17, 15) is 4.79 Å². The maximum Gasteiger partial charge on any atom is 0.265 e. The van der Waals surface area contributed by atoms with Crippen LogP contribution in [-0.4, -0.2) is 18.6 Å². The van der Waals surface area contributed by atoms with Crippen molar-refractivity contribution in [2.45, 2.75) is 26.4 Å². The maximum atomic E-state index is 12.6. The highest BCUT2D eigenvalue weighted by Crippen LogP contribution is 2.22. The van der Waals surface area contributed by atoms with E-state index in [2.05, 4.69) is 11.4 Å². The quantitative estimate of drug-likeness (QED) is 0.650. The minimum atomic E-state index is -0.553. The van der Waals surface area contributed by atoms with Crippen LogP contribution in [0, 0.1) is 0 Å². The molecule has 0 fully saturated rings. The van der Waals surface area contributed by atoms with E-state index in [0.717, 1.165) is 22.2 Å². The van der Waals surface area contributed by atoms with E-state index in [0.29, 0.717) is 18.8 Å². The molecule has 1 amide bonds. The minimum absolute atomic E-state index is 0.162. The Kier molecular flexibility index (Phi) is 5.74. The number of hydrogen-bond acceptors (Lipinski definition) is 3. The van der Waals surface area contributed by atoms with Gasteiger partial charge in [-0.15, -0.1) is 0 Å². The third-order valence-corrected chi connectivity index (χ3v) is 4.10. The molecule has 1 unspecified atom stereocenters. The summed E-state index contributed by atoms with van der Waals surface area (Å²) < 4.78 is 11.3. The van der Waals surface area contributed by atoms with E-state index in [-0.39, 0.29) is 5.91 Å². The molecule has 0 spiro atoms. The van der Waals surface area contributed by atoms with Gasteiger partial charge in [-0.3, -0.25) is 4.79 Å². The number of carbonyl (C=O) groups excluding carboxylic acids is 1. The molecule has 26 heavy (non-hydrogen) atoms. The van der Waals surface area contributed by atoms with Crippen molar-refractivity contribution in [3.63, 3.8) is 0 Å². The van der Waals surface area contributed by atoms with Gasteiger partial charge in [-0.05, 0) is 60.5 Å². The highest BCUT2D eigenvalue weighted by molar-refractivity contribution is 5.94. The van der Waals surface area contributed by atoms with Gasteiger partial charge in [0.1, 0.15) is 11.5 Å². The molecule has 3 rings (SSSR count). The number of carbonyl (C=O) groups is 1. The molecule has 134 valence electrons. The molecule has 1 N–H and O–H groups in total. The Balaban J connectivity index is 1.67. The number of nitrogens with one attached hydrogen (secondary N) is 1. The molecule has 0 saturated carbocycles. The molecule has 0 heterocycles. The van der Waals surface area contributed by atoms with Gasteiger partial charge in [0.05, 0.1) is 6.61 Å². The molecule has 0 radical (unpaired) electrons. The number of amides is 1. The zero-order chi connectivity index (χ0) is 18.4. The molecule has 0 aromatic heterocycles. The van der Waals surface area contributed by atoms with Crippen LogP contribution in [0.1, 0.15) is 20.3 Å². The minimum Gasteiger partial charge on any atom is -0.494 e. The van der Waals surface area contributed by atoms with Crippen molar-refractivity contribution in [2.75, 3.05) is 11.9 Å². The largest absolute Gasteiger partial charge is 0.494 e. The van der Waals surface area contributed by atoms with Crippen molar-refractivity contribution in [3.8, 4) is 11.5 Å². The Morgan fingerprint density at radius 2 is 1.62 bits per heavy atom. The lowest BCUT2D eigenvalue weighted by Crippen LogP contribution is -2.32. The van der Waals surface area contributed by atoms with Crippen molar-refractivity contribution in [2.24, 2.45) is 0 Å². The highest BCUT2D eigenvalue weighted by atomic mass is 16.5. The lowest BCUT2D eigenvalue weighted by atomic mass is 10.1. The SMILES string of the molecule is CCOc1ccc(NC(=O)C(CC)Oc2ccc3ccccc3c2)cc1. The fraction of sp³-hybridized carbons (Fsp3) is 0.227. The van der Waals surface area contributed by atoms with Gasteiger partial charge in [-0.2, -0.15) is 0 Å². The average molecular weight is 349 g/mol. The summed E-state index contributed by atoms with van der Waals surface area (Å²) in [4.78, 5) is 12.6. The Morgan fingerprint density at radius 1 is 0.923 bits per heavy atom. The van der Waals surface area contributed by atoms with Crippen molar-refractivity contribution >= 4 is 22.4 Å². The van der Waals surface area contributed by atoms with Crippen LogP contribution in [0.15, 0.2) is 66.7 Å². The second-order valence-electron chi connectivity index (χ2n) is 5.97. The summed E-state index contributed by atoms with van der Waals surface area (Å²) in [6, 6.07) is 21.3. The van der Waals surface area contributed by atoms with Gasteiger partial charge in [-0.25, -0.2) is 0 Å². The summed E-state index contributed by atoms with van der Waals surface area (Å²) in [6.45, 7) is 4.48. The van der Waals surface area contributed by atoms with Gasteiger partial charge in [0.25, 0.3) is 5.91 Å². The summed E-state index contributed by atoms with van der Waals surface area (Å²) in [7, 11) is 0. The lowest BCUT2D eigenvalue weighted by Gasteiger charge is -2.18. The molecule has 0 saturated heterocycles. The van der Waals surface area contributed by atoms with Crippen LogP contribution >= 0.6 is 0 Å². The molecule has 4 heteroatoms. The van der Waals surface area contributed by atoms with Crippen LogP contribution in [0.5, 0.6) is 11.5 Å². The number of fused-ring (bicyclic) bond motifs is 1. The van der Waals surface area contributed by atoms with E-state index in [1.807, 2.05) is 74.5 Å². The first-order chi connectivity index (χ1) is 12.7. The number of ether oxygens (including phenoxy) is 2. The van der Waals surface area contributed by atoms with Crippen LogP contribution in [0.4, 0.5) is 5.69 Å². The maximum absolute atomic E-state index is 12.6. The third-order valence-electron chi connectivity index (χ3n) is 4.10. The van der Waals surface area contributed by atoms with E-state index in [1.165, 1.54) is 0 Å². The predicted octanol–water partition coefficient (Wildman–Crippen LogP) is 5.03. The van der Waals surface area contributed by atoms with Gasteiger partial charge in [0.2, 0.25) is 0 Å². The molecule has 3 aromatic carbocycles. The fourth-order valence-electron chi connectivity index (χ4n) is 2.75. The second-order valence-corrected chi connectivity index (χ2v) is 5.97. The molecule has 4 nitrogen and oxygen atoms in total. The Labute approximate surface area is 153 Å². The van der Waals surface area contributed by atoms with Gasteiger partial charge in [0.15, 0.2) is 6.10 Å². The van der Waals surface area contributed by atoms with E-state index in [1.54, 1.807) is 0 Å². The van der Waals surface area contributed by atoms with Crippen LogP contribution in [0.2, 0.25) is 0 Å². The molecule has 3 aromatic rings. The summed E-state index contributed by atoms with van der Waals surface area (Å²) in [5.41, 5.74) is 0.721. The molecule has 0 aliphatic carbocycles. The first-order valence-corrected chi connectivity index (χ1v) is 8.88. The number of rotatable bonds is 7. The standard InChI is InChI=1S/C22H23NO3/c1-3-21(22(24)23-18-10-13-19(14-11-18)25-4-2)26-20-12-9-16-7-5-6-8-17(16)15-20/h5-15,21H,3-4H2,1-2H3,(H,23,24). The number of anilines is 1. The lowest BCUT2D eigenvalue weighted by molar-refractivity contribution is -0.122. The molecule has 1 atom stereocenters. The zero-order valence-electron chi connectivity index (χ0n) is 15.1. The normalized spacial score (nSPS) is 11.8. The third kappa shape index (κ3) is 4.33. The molecular weight excluding hydrogens is 326 g/mol. The molecule has 0 aliphatic heterocycles. The van der Waals surface area contributed by atoms with E-state index < -0.39 is 6.10 Å². The molecular formula is C22H23NO3. The Bertz CT molecular complexity index is 874. The molecule has 0 bridgehead atoms. The first kappa shape index (κ1) is 17.8. The first-order valence-electron chi connectivity index (χ1n) is 8.88. The van der Waals surface area contributed by atoms with Gasteiger partial charge in [-0.1, -0.05) is 37.3 Å². The smallest absolute Gasteiger partial charge is 0.265 e. The van der Waals surface area contributed by atoms with Crippen LogP contribution in [0.25, 0.3) is 10.8 Å². The summed E-state index contributed by atoms with van der Waals surface area (Å²) in [6.07, 6.45) is 0.0260.